The molecule has 0 spiro atoms. The number of allylic oxidation sites excluding steroid dienone is 2. The Morgan fingerprint density at radius 1 is 1.03 bits per heavy atom. The SMILES string of the molecule is O=C1CCCC2=C1[C@@H](c1ccc(-c3nc4ccccc4s3)o1)c1c([nH]c(=O)[nH]c1=O)N2. The molecule has 0 saturated heterocycles. The van der Waals surface area contributed by atoms with Crippen molar-refractivity contribution in [2.75, 3.05) is 5.32 Å². The van der Waals surface area contributed by atoms with Gasteiger partial charge in [-0.15, -0.1) is 11.3 Å². The number of para-hydroxylation sites is 1. The monoisotopic (exact) mass is 432 g/mol. The van der Waals surface area contributed by atoms with Gasteiger partial charge in [-0.25, -0.2) is 9.78 Å². The number of hydrogen-bond donors (Lipinski definition) is 3. The van der Waals surface area contributed by atoms with Gasteiger partial charge in [0.1, 0.15) is 11.6 Å². The van der Waals surface area contributed by atoms with Crippen molar-refractivity contribution < 1.29 is 9.21 Å². The highest BCUT2D eigenvalue weighted by molar-refractivity contribution is 7.21. The number of rotatable bonds is 2. The predicted octanol–water partition coefficient (Wildman–Crippen LogP) is 3.50. The maximum Gasteiger partial charge on any atom is 0.327 e. The molecule has 0 fully saturated rings. The molecule has 1 aliphatic carbocycles. The standard InChI is InChI=1S/C22H16N4O4S/c27-12-6-3-5-11-16(12)17(18-19(23-11)25-22(29)26-20(18)28)13-8-9-14(30-13)21-24-10-4-1-2-7-15(10)31-21/h1-2,4,7-9,17H,3,5-6H2,(H3,23,25,26,28,29)/t17-/m1/s1. The number of anilines is 1. The quantitative estimate of drug-likeness (QED) is 0.446. The highest BCUT2D eigenvalue weighted by Crippen LogP contribution is 2.44. The van der Waals surface area contributed by atoms with Crippen LogP contribution in [-0.2, 0) is 4.79 Å². The molecule has 4 aromatic rings. The lowest BCUT2D eigenvalue weighted by atomic mass is 9.79. The fourth-order valence-corrected chi connectivity index (χ4v) is 5.31. The fraction of sp³-hybridized carbons (Fsp3) is 0.182. The number of aromatic nitrogens is 3. The zero-order valence-corrected chi connectivity index (χ0v) is 17.0. The Morgan fingerprint density at radius 2 is 1.90 bits per heavy atom. The first-order chi connectivity index (χ1) is 15.1. The number of aromatic amines is 2. The highest BCUT2D eigenvalue weighted by atomic mass is 32.1. The van der Waals surface area contributed by atoms with Gasteiger partial charge in [0.2, 0.25) is 0 Å². The topological polar surface area (TPSA) is 121 Å². The summed E-state index contributed by atoms with van der Waals surface area (Å²) in [4.78, 5) is 47.0. The summed E-state index contributed by atoms with van der Waals surface area (Å²) in [7, 11) is 0. The highest BCUT2D eigenvalue weighted by Gasteiger charge is 2.39. The molecular formula is C22H16N4O4S. The Bertz CT molecular complexity index is 1490. The molecule has 0 saturated carbocycles. The van der Waals surface area contributed by atoms with Gasteiger partial charge in [-0.3, -0.25) is 19.6 Å². The van der Waals surface area contributed by atoms with Crippen LogP contribution < -0.4 is 16.6 Å². The van der Waals surface area contributed by atoms with E-state index in [0.29, 0.717) is 35.8 Å². The fourth-order valence-electron chi connectivity index (χ4n) is 4.38. The van der Waals surface area contributed by atoms with E-state index in [-0.39, 0.29) is 11.3 Å². The van der Waals surface area contributed by atoms with E-state index < -0.39 is 17.2 Å². The van der Waals surface area contributed by atoms with E-state index in [9.17, 15) is 14.4 Å². The number of nitrogens with zero attached hydrogens (tertiary/aromatic N) is 1. The molecule has 31 heavy (non-hydrogen) atoms. The van der Waals surface area contributed by atoms with Crippen LogP contribution in [0.15, 0.2) is 61.7 Å². The van der Waals surface area contributed by atoms with Gasteiger partial charge in [0.15, 0.2) is 16.6 Å². The number of ketones is 1. The summed E-state index contributed by atoms with van der Waals surface area (Å²) in [6, 6.07) is 11.4. The average molecular weight is 432 g/mol. The lowest BCUT2D eigenvalue weighted by Gasteiger charge is -2.31. The second-order valence-corrected chi connectivity index (χ2v) is 8.64. The molecule has 0 amide bonds. The van der Waals surface area contributed by atoms with Crippen LogP contribution in [0.1, 0.15) is 36.5 Å². The van der Waals surface area contributed by atoms with E-state index >= 15 is 0 Å². The molecule has 3 N–H and O–H groups in total. The second-order valence-electron chi connectivity index (χ2n) is 7.61. The first-order valence-corrected chi connectivity index (χ1v) is 10.8. The molecule has 1 aromatic carbocycles. The average Bonchev–Trinajstić information content (AvgIpc) is 3.39. The first kappa shape index (κ1) is 18.1. The van der Waals surface area contributed by atoms with Crippen LogP contribution in [-0.4, -0.2) is 20.7 Å². The van der Waals surface area contributed by atoms with Crippen molar-refractivity contribution in [1.82, 2.24) is 15.0 Å². The third-order valence-electron chi connectivity index (χ3n) is 5.70. The van der Waals surface area contributed by atoms with Crippen molar-refractivity contribution in [3.8, 4) is 10.8 Å². The lowest BCUT2D eigenvalue weighted by molar-refractivity contribution is -0.116. The summed E-state index contributed by atoms with van der Waals surface area (Å²) >= 11 is 1.51. The Hall–Kier alpha value is -3.72. The molecule has 3 aromatic heterocycles. The van der Waals surface area contributed by atoms with Crippen molar-refractivity contribution in [2.45, 2.75) is 25.2 Å². The number of Topliss-reactive ketones (excluding diaryl/α,β-unsaturated/α-hetero) is 1. The third-order valence-corrected chi connectivity index (χ3v) is 6.76. The molecule has 8 nitrogen and oxygen atoms in total. The van der Waals surface area contributed by atoms with Gasteiger partial charge in [-0.05, 0) is 37.1 Å². The van der Waals surface area contributed by atoms with Crippen molar-refractivity contribution in [1.29, 1.82) is 0 Å². The third kappa shape index (κ3) is 2.81. The molecule has 0 unspecified atom stereocenters. The van der Waals surface area contributed by atoms with Crippen LogP contribution in [0.4, 0.5) is 5.82 Å². The van der Waals surface area contributed by atoms with E-state index in [2.05, 4.69) is 20.3 Å². The number of carbonyl (C=O) groups excluding carboxylic acids is 1. The molecule has 1 aliphatic heterocycles. The summed E-state index contributed by atoms with van der Waals surface area (Å²) in [5, 5.41) is 3.82. The van der Waals surface area contributed by atoms with Gasteiger partial charge < -0.3 is 9.73 Å². The first-order valence-electron chi connectivity index (χ1n) is 9.94. The molecule has 2 aliphatic rings. The van der Waals surface area contributed by atoms with Crippen LogP contribution >= 0.6 is 11.3 Å². The number of thiazole rings is 1. The van der Waals surface area contributed by atoms with Crippen molar-refractivity contribution in [2.24, 2.45) is 0 Å². The van der Waals surface area contributed by atoms with Gasteiger partial charge in [-0.2, -0.15) is 0 Å². The zero-order chi connectivity index (χ0) is 21.1. The van der Waals surface area contributed by atoms with Crippen molar-refractivity contribution in [3.63, 3.8) is 0 Å². The Labute approximate surface area is 178 Å². The molecule has 1 atom stereocenters. The maximum absolute atomic E-state index is 12.9. The smallest absolute Gasteiger partial charge is 0.327 e. The minimum absolute atomic E-state index is 0.0204. The summed E-state index contributed by atoms with van der Waals surface area (Å²) in [5.41, 5.74) is 1.28. The molecule has 4 heterocycles. The Morgan fingerprint density at radius 3 is 2.77 bits per heavy atom. The predicted molar refractivity (Wildman–Crippen MR) is 116 cm³/mol. The van der Waals surface area contributed by atoms with Crippen LogP contribution in [0.5, 0.6) is 0 Å². The van der Waals surface area contributed by atoms with Crippen LogP contribution in [0.25, 0.3) is 21.0 Å². The number of hydrogen-bond acceptors (Lipinski definition) is 7. The van der Waals surface area contributed by atoms with Crippen LogP contribution in [0, 0.1) is 0 Å². The van der Waals surface area contributed by atoms with Gasteiger partial charge in [0, 0.05) is 17.7 Å². The maximum atomic E-state index is 12.9. The second kappa shape index (κ2) is 6.64. The molecule has 0 radical (unpaired) electrons. The Balaban J connectivity index is 1.53. The number of nitrogens with one attached hydrogen (secondary N) is 3. The largest absolute Gasteiger partial charge is 0.458 e. The van der Waals surface area contributed by atoms with E-state index in [1.807, 2.05) is 30.3 Å². The summed E-state index contributed by atoms with van der Waals surface area (Å²) in [5.74, 6) is 0.640. The van der Waals surface area contributed by atoms with E-state index in [4.69, 9.17) is 4.42 Å². The summed E-state index contributed by atoms with van der Waals surface area (Å²) < 4.78 is 7.21. The minimum Gasteiger partial charge on any atom is -0.458 e. The number of fused-ring (bicyclic) bond motifs is 2. The zero-order valence-electron chi connectivity index (χ0n) is 16.2. The van der Waals surface area contributed by atoms with E-state index in [1.165, 1.54) is 11.3 Å². The van der Waals surface area contributed by atoms with Crippen LogP contribution in [0.3, 0.4) is 0 Å². The van der Waals surface area contributed by atoms with Crippen molar-refractivity contribution in [3.05, 3.63) is 79.8 Å². The van der Waals surface area contributed by atoms with Gasteiger partial charge in [0.05, 0.1) is 21.7 Å². The summed E-state index contributed by atoms with van der Waals surface area (Å²) in [6.45, 7) is 0. The number of carbonyl (C=O) groups is 1. The molecule has 6 rings (SSSR count). The van der Waals surface area contributed by atoms with Crippen LogP contribution in [0.2, 0.25) is 0 Å². The molecule has 9 heteroatoms. The molecule has 154 valence electrons. The normalized spacial score (nSPS) is 18.1. The molecular weight excluding hydrogens is 416 g/mol. The number of benzene rings is 1. The number of furan rings is 1. The molecule has 0 bridgehead atoms. The minimum atomic E-state index is -0.692. The Kier molecular flexibility index (Phi) is 3.87. The van der Waals surface area contributed by atoms with Gasteiger partial charge in [0.25, 0.3) is 5.56 Å². The number of H-pyrrole nitrogens is 2. The lowest BCUT2D eigenvalue weighted by Crippen LogP contribution is -2.35. The van der Waals surface area contributed by atoms with E-state index in [0.717, 1.165) is 27.3 Å². The van der Waals surface area contributed by atoms with Gasteiger partial charge in [-0.1, -0.05) is 12.1 Å². The van der Waals surface area contributed by atoms with Crippen molar-refractivity contribution >= 4 is 33.2 Å². The van der Waals surface area contributed by atoms with Gasteiger partial charge >= 0.3 is 5.69 Å². The summed E-state index contributed by atoms with van der Waals surface area (Å²) in [6.07, 6.45) is 1.80. The van der Waals surface area contributed by atoms with E-state index in [1.54, 1.807) is 6.07 Å².